The highest BCUT2D eigenvalue weighted by molar-refractivity contribution is 5.86. The van der Waals surface area contributed by atoms with Crippen LogP contribution < -0.4 is 4.90 Å². The number of benzene rings is 1. The summed E-state index contributed by atoms with van der Waals surface area (Å²) in [5.41, 5.74) is 5.86. The van der Waals surface area contributed by atoms with E-state index in [0.717, 1.165) is 61.4 Å². The number of para-hydroxylation sites is 2. The molecule has 0 spiro atoms. The smallest absolute Gasteiger partial charge is 0.157 e. The van der Waals surface area contributed by atoms with Gasteiger partial charge in [0.05, 0.1) is 29.8 Å². The molecular weight excluding hydrogens is 336 g/mol. The van der Waals surface area contributed by atoms with Gasteiger partial charge in [0.15, 0.2) is 5.65 Å². The zero-order valence-corrected chi connectivity index (χ0v) is 16.2. The molecule has 3 heterocycles. The van der Waals surface area contributed by atoms with Gasteiger partial charge >= 0.3 is 0 Å². The molecule has 0 amide bonds. The second-order valence-corrected chi connectivity index (χ2v) is 7.23. The maximum atomic E-state index is 9.90. The third-order valence-electron chi connectivity index (χ3n) is 5.55. The molecule has 0 unspecified atom stereocenters. The number of unbranched alkanes of at least 4 members (excludes halogenated alkanes) is 2. The van der Waals surface area contributed by atoms with Gasteiger partial charge in [0.2, 0.25) is 0 Å². The summed E-state index contributed by atoms with van der Waals surface area (Å²) in [7, 11) is 0. The van der Waals surface area contributed by atoms with Crippen LogP contribution in [0.1, 0.15) is 42.9 Å². The van der Waals surface area contributed by atoms with Crippen molar-refractivity contribution >= 4 is 22.5 Å². The van der Waals surface area contributed by atoms with Gasteiger partial charge in [-0.25, -0.2) is 4.98 Å². The number of morpholine rings is 1. The zero-order valence-electron chi connectivity index (χ0n) is 16.2. The quantitative estimate of drug-likeness (QED) is 0.637. The lowest BCUT2D eigenvalue weighted by Gasteiger charge is -2.32. The van der Waals surface area contributed by atoms with Gasteiger partial charge in [0.1, 0.15) is 11.9 Å². The summed E-state index contributed by atoms with van der Waals surface area (Å²) in [6.45, 7) is 7.52. The summed E-state index contributed by atoms with van der Waals surface area (Å²) in [6, 6.07) is 10.6. The van der Waals surface area contributed by atoms with E-state index in [4.69, 9.17) is 9.72 Å². The summed E-state index contributed by atoms with van der Waals surface area (Å²) in [5, 5.41) is 9.90. The fourth-order valence-corrected chi connectivity index (χ4v) is 4.12. The van der Waals surface area contributed by atoms with Crippen LogP contribution in [0.25, 0.3) is 16.7 Å². The average Bonchev–Trinajstić information content (AvgIpc) is 3.08. The predicted octanol–water partition coefficient (Wildman–Crippen LogP) is 4.24. The number of imidazole rings is 1. The van der Waals surface area contributed by atoms with Gasteiger partial charge in [-0.05, 0) is 43.0 Å². The molecule has 0 saturated carbocycles. The Kier molecular flexibility index (Phi) is 5.00. The van der Waals surface area contributed by atoms with E-state index >= 15 is 0 Å². The zero-order chi connectivity index (χ0) is 18.8. The van der Waals surface area contributed by atoms with Crippen molar-refractivity contribution in [2.45, 2.75) is 39.5 Å². The van der Waals surface area contributed by atoms with Gasteiger partial charge in [0.25, 0.3) is 0 Å². The molecule has 1 saturated heterocycles. The minimum Gasteiger partial charge on any atom is -0.378 e. The number of ether oxygens (including phenoxy) is 1. The molecule has 1 aliphatic heterocycles. The van der Waals surface area contributed by atoms with Gasteiger partial charge in [-0.3, -0.25) is 4.40 Å². The Morgan fingerprint density at radius 2 is 1.96 bits per heavy atom. The van der Waals surface area contributed by atoms with Crippen LogP contribution in [0.5, 0.6) is 0 Å². The van der Waals surface area contributed by atoms with Crippen LogP contribution in [0.4, 0.5) is 5.82 Å². The molecule has 0 radical (unpaired) electrons. The molecular formula is C22H26N4O. The monoisotopic (exact) mass is 362 g/mol. The Morgan fingerprint density at radius 3 is 2.70 bits per heavy atom. The first kappa shape index (κ1) is 17.8. The number of anilines is 1. The molecule has 0 bridgehead atoms. The fourth-order valence-electron chi connectivity index (χ4n) is 4.12. The van der Waals surface area contributed by atoms with Crippen molar-refractivity contribution in [3.8, 4) is 6.07 Å². The van der Waals surface area contributed by atoms with Gasteiger partial charge in [0, 0.05) is 13.1 Å². The Hall–Kier alpha value is -2.58. The topological polar surface area (TPSA) is 53.6 Å². The lowest BCUT2D eigenvalue weighted by atomic mass is 9.98. The normalized spacial score (nSPS) is 14.8. The average molecular weight is 362 g/mol. The molecule has 1 fully saturated rings. The SMILES string of the molecule is CCCCCc1c(C)c(C#N)c2nc3ccccc3n2c1N1CCOCC1. The summed E-state index contributed by atoms with van der Waals surface area (Å²) in [5.74, 6) is 1.20. The van der Waals surface area contributed by atoms with E-state index < -0.39 is 0 Å². The number of aromatic nitrogens is 2. The third-order valence-corrected chi connectivity index (χ3v) is 5.55. The molecule has 4 rings (SSSR count). The van der Waals surface area contributed by atoms with Crippen molar-refractivity contribution in [2.75, 3.05) is 31.2 Å². The van der Waals surface area contributed by atoms with Crippen LogP contribution in [0.2, 0.25) is 0 Å². The lowest BCUT2D eigenvalue weighted by Crippen LogP contribution is -2.38. The second-order valence-electron chi connectivity index (χ2n) is 7.23. The van der Waals surface area contributed by atoms with Crippen molar-refractivity contribution in [3.63, 3.8) is 0 Å². The Bertz CT molecular complexity index is 1010. The highest BCUT2D eigenvalue weighted by Crippen LogP contribution is 2.34. The van der Waals surface area contributed by atoms with E-state index in [2.05, 4.69) is 35.3 Å². The minimum atomic E-state index is 0.703. The maximum absolute atomic E-state index is 9.90. The fraction of sp³-hybridized carbons (Fsp3) is 0.455. The second kappa shape index (κ2) is 7.58. The number of hydrogen-bond donors (Lipinski definition) is 0. The molecule has 5 heteroatoms. The Labute approximate surface area is 160 Å². The van der Waals surface area contributed by atoms with E-state index in [1.165, 1.54) is 24.2 Å². The molecule has 140 valence electrons. The maximum Gasteiger partial charge on any atom is 0.157 e. The lowest BCUT2D eigenvalue weighted by molar-refractivity contribution is 0.122. The van der Waals surface area contributed by atoms with Gasteiger partial charge in [-0.2, -0.15) is 5.26 Å². The van der Waals surface area contributed by atoms with Crippen molar-refractivity contribution in [3.05, 3.63) is 41.0 Å². The molecule has 2 aromatic heterocycles. The summed E-state index contributed by atoms with van der Waals surface area (Å²) < 4.78 is 7.81. The van der Waals surface area contributed by atoms with Crippen LogP contribution >= 0.6 is 0 Å². The molecule has 0 atom stereocenters. The molecule has 27 heavy (non-hydrogen) atoms. The molecule has 1 aliphatic rings. The van der Waals surface area contributed by atoms with Crippen molar-refractivity contribution in [1.82, 2.24) is 9.38 Å². The van der Waals surface area contributed by atoms with E-state index in [0.29, 0.717) is 5.56 Å². The first-order chi connectivity index (χ1) is 13.3. The third kappa shape index (κ3) is 3.04. The van der Waals surface area contributed by atoms with Crippen LogP contribution in [-0.2, 0) is 11.2 Å². The number of fused-ring (bicyclic) bond motifs is 3. The molecule has 5 nitrogen and oxygen atoms in total. The number of nitriles is 1. The highest BCUT2D eigenvalue weighted by Gasteiger charge is 2.25. The molecule has 1 aromatic carbocycles. The first-order valence-corrected chi connectivity index (χ1v) is 9.91. The van der Waals surface area contributed by atoms with Gasteiger partial charge < -0.3 is 9.64 Å². The van der Waals surface area contributed by atoms with Crippen molar-refractivity contribution < 1.29 is 4.74 Å². The van der Waals surface area contributed by atoms with Crippen molar-refractivity contribution in [2.24, 2.45) is 0 Å². The Balaban J connectivity index is 2.04. The van der Waals surface area contributed by atoms with E-state index in [-0.39, 0.29) is 0 Å². The number of rotatable bonds is 5. The minimum absolute atomic E-state index is 0.703. The number of pyridine rings is 1. The Morgan fingerprint density at radius 1 is 1.19 bits per heavy atom. The highest BCUT2D eigenvalue weighted by atomic mass is 16.5. The van der Waals surface area contributed by atoms with Crippen LogP contribution in [0.15, 0.2) is 24.3 Å². The van der Waals surface area contributed by atoms with E-state index in [9.17, 15) is 5.26 Å². The van der Waals surface area contributed by atoms with Crippen LogP contribution in [-0.4, -0.2) is 35.7 Å². The van der Waals surface area contributed by atoms with E-state index in [1.54, 1.807) is 0 Å². The van der Waals surface area contributed by atoms with Crippen LogP contribution in [0.3, 0.4) is 0 Å². The number of hydrogen-bond acceptors (Lipinski definition) is 4. The molecule has 3 aromatic rings. The number of nitrogens with zero attached hydrogens (tertiary/aromatic N) is 4. The standard InChI is InChI=1S/C22H26N4O/c1-3-4-5-8-17-16(2)18(15-23)21-24-19-9-6-7-10-20(19)26(21)22(17)25-11-13-27-14-12-25/h6-7,9-10H,3-5,8,11-14H2,1-2H3. The first-order valence-electron chi connectivity index (χ1n) is 9.91. The predicted molar refractivity (Wildman–Crippen MR) is 108 cm³/mol. The van der Waals surface area contributed by atoms with Gasteiger partial charge in [-0.1, -0.05) is 31.9 Å². The summed E-state index contributed by atoms with van der Waals surface area (Å²) >= 11 is 0. The van der Waals surface area contributed by atoms with Crippen LogP contribution in [0, 0.1) is 18.3 Å². The molecule has 0 N–H and O–H groups in total. The largest absolute Gasteiger partial charge is 0.378 e. The summed E-state index contributed by atoms with van der Waals surface area (Å²) in [6.07, 6.45) is 4.51. The van der Waals surface area contributed by atoms with Gasteiger partial charge in [-0.15, -0.1) is 0 Å². The molecule has 0 aliphatic carbocycles. The van der Waals surface area contributed by atoms with Crippen molar-refractivity contribution in [1.29, 1.82) is 5.26 Å². The van der Waals surface area contributed by atoms with E-state index in [1.807, 2.05) is 18.2 Å². The summed E-state index contributed by atoms with van der Waals surface area (Å²) in [4.78, 5) is 7.24.